The molecule has 7 atom stereocenters. The summed E-state index contributed by atoms with van der Waals surface area (Å²) in [5, 5.41) is 32.9. The van der Waals surface area contributed by atoms with E-state index in [9.17, 15) is 29.0 Å². The highest BCUT2D eigenvalue weighted by Gasteiger charge is 2.67. The Labute approximate surface area is 437 Å². The van der Waals surface area contributed by atoms with Crippen molar-refractivity contribution in [3.05, 3.63) is 108 Å². The maximum Gasteiger partial charge on any atom is 0.275 e. The molecule has 4 unspecified atom stereocenters. The molecule has 3 aliphatic carbocycles. The summed E-state index contributed by atoms with van der Waals surface area (Å²) in [5.41, 5.74) is 12.8. The number of fused-ring (bicyclic) bond motifs is 2. The number of rotatable bonds is 13. The standard InChI is InChI=1S/C58H69FN10O6/c1-57(2,3)52(56(74)69-33-41(70)25-49(69)55(73)66-75-42-18-14-35(15-19-42)43-8-4-6-10-46(43)59)63-54(72)36-12-16-40(17-13-36)67-22-20-34(21-23-67)38-29-61-51(62-30-38)28-58-27-37-31-68(32-39(58)24-45(37)58)48-26-47(64-65-53(48)60)44-9-5-7-11-50(44)71/h4-11,14-15,18-19,26,29-30,34,36-37,39-41,45,49,52,70-71H,12-13,16-17,20-25,27-28,31-33H2,1-3H3,(H2,60,65)(H,63,72)(H,66,73)/t36-,37?,39?,40-,41-,45?,49+,52-,58?/m1/s1. The smallest absolute Gasteiger partial charge is 0.275 e. The fourth-order valence-electron chi connectivity index (χ4n) is 13.7. The minimum absolute atomic E-state index is 0.0251. The first kappa shape index (κ1) is 50.4. The van der Waals surface area contributed by atoms with Crippen LogP contribution in [0.1, 0.15) is 95.9 Å². The number of aromatic hydroxyl groups is 1. The number of nitrogens with one attached hydrogen (secondary N) is 2. The van der Waals surface area contributed by atoms with Crippen LogP contribution in [0.2, 0.25) is 0 Å². The number of aliphatic hydroxyl groups excluding tert-OH is 1. The van der Waals surface area contributed by atoms with E-state index in [2.05, 4.69) is 43.2 Å². The Morgan fingerprint density at radius 1 is 0.867 bits per heavy atom. The molecule has 6 N–H and O–H groups in total. The third-order valence-corrected chi connectivity index (χ3v) is 17.9. The lowest BCUT2D eigenvalue weighted by molar-refractivity contribution is -0.170. The van der Waals surface area contributed by atoms with Crippen LogP contribution >= 0.6 is 0 Å². The second-order valence-corrected chi connectivity index (χ2v) is 23.4. The number of nitrogen functional groups attached to an aromatic ring is 1. The molecule has 0 spiro atoms. The van der Waals surface area contributed by atoms with Crippen molar-refractivity contribution < 1.29 is 33.8 Å². The number of amides is 3. The van der Waals surface area contributed by atoms with Crippen LogP contribution in [0.4, 0.5) is 15.9 Å². The Morgan fingerprint density at radius 3 is 2.27 bits per heavy atom. The molecule has 4 aliphatic heterocycles. The summed E-state index contributed by atoms with van der Waals surface area (Å²) >= 11 is 0. The number of piperidine rings is 1. The molecule has 12 rings (SSSR count). The zero-order valence-corrected chi connectivity index (χ0v) is 43.1. The topological polar surface area (TPSA) is 212 Å². The van der Waals surface area contributed by atoms with Crippen LogP contribution in [0.25, 0.3) is 22.4 Å². The van der Waals surface area contributed by atoms with E-state index in [4.69, 9.17) is 20.5 Å². The number of nitrogens with zero attached hydrogens (tertiary/aromatic N) is 7. The molecule has 4 bridgehead atoms. The van der Waals surface area contributed by atoms with Crippen LogP contribution in [-0.2, 0) is 20.8 Å². The van der Waals surface area contributed by atoms with Gasteiger partial charge in [-0.3, -0.25) is 14.4 Å². The van der Waals surface area contributed by atoms with Crippen LogP contribution in [0.5, 0.6) is 11.5 Å². The van der Waals surface area contributed by atoms with Gasteiger partial charge in [0.25, 0.3) is 5.91 Å². The number of halogens is 1. The Hall–Kier alpha value is -6.72. The Kier molecular flexibility index (Phi) is 13.7. The van der Waals surface area contributed by atoms with E-state index in [-0.39, 0.29) is 41.8 Å². The van der Waals surface area contributed by atoms with Crippen molar-refractivity contribution in [2.24, 2.45) is 34.5 Å². The molecule has 394 valence electrons. The number of aromatic nitrogens is 4. The summed E-state index contributed by atoms with van der Waals surface area (Å²) in [6.45, 7) is 9.41. The molecule has 16 nitrogen and oxygen atoms in total. The number of nitrogens with two attached hydrogens (primary N) is 1. The molecule has 7 fully saturated rings. The van der Waals surface area contributed by atoms with E-state index in [0.717, 1.165) is 82.6 Å². The first-order valence-electron chi connectivity index (χ1n) is 26.9. The van der Waals surface area contributed by atoms with Crippen LogP contribution in [0.15, 0.2) is 91.3 Å². The first-order valence-corrected chi connectivity index (χ1v) is 26.9. The predicted octanol–water partition coefficient (Wildman–Crippen LogP) is 7.07. The number of para-hydroxylation sites is 1. The number of hydrogen-bond acceptors (Lipinski definition) is 13. The largest absolute Gasteiger partial charge is 0.507 e. The quantitative estimate of drug-likeness (QED) is 0.0748. The third kappa shape index (κ3) is 10.0. The molecule has 17 heteroatoms. The fraction of sp³-hybridized carbons (Fsp3) is 0.500. The Bertz CT molecular complexity index is 2900. The summed E-state index contributed by atoms with van der Waals surface area (Å²) in [4.78, 5) is 63.7. The van der Waals surface area contributed by atoms with Gasteiger partial charge in [-0.2, -0.15) is 5.48 Å². The average molecular weight is 1020 g/mol. The number of aliphatic hydroxyl groups is 1. The van der Waals surface area contributed by atoms with Gasteiger partial charge in [0.05, 0.1) is 17.5 Å². The average Bonchev–Trinajstić information content (AvgIpc) is 3.62. The lowest BCUT2D eigenvalue weighted by atomic mass is 9.38. The number of β-amino-alcohol motifs (C(OH)–C–C–N with tert-alkyl or cyclic N) is 1. The van der Waals surface area contributed by atoms with Crippen molar-refractivity contribution in [2.75, 3.05) is 43.4 Å². The van der Waals surface area contributed by atoms with Gasteiger partial charge in [0.2, 0.25) is 11.8 Å². The molecule has 5 aromatic rings. The van der Waals surface area contributed by atoms with E-state index >= 15 is 0 Å². The highest BCUT2D eigenvalue weighted by molar-refractivity contribution is 5.93. The molecular weight excluding hydrogens is 952 g/mol. The van der Waals surface area contributed by atoms with Gasteiger partial charge in [-0.05, 0) is 146 Å². The summed E-state index contributed by atoms with van der Waals surface area (Å²) < 4.78 is 14.3. The molecule has 3 aromatic carbocycles. The van der Waals surface area contributed by atoms with E-state index < -0.39 is 35.4 Å². The normalized spacial score (nSPS) is 27.1. The summed E-state index contributed by atoms with van der Waals surface area (Å²) in [6, 6.07) is 20.7. The number of benzene rings is 3. The SMILES string of the molecule is CC(C)(C)[C@H](NC(=O)[C@H]1CC[C@H](N2CCC(c3cnc(CC45CC6CN(c7cc(-c8ccccc8O)nnc7N)CC4CC65)nc3)CC2)CC1)C(=O)N1C[C@H](O)C[C@H]1C(=O)NOc1ccc(-c2ccccc2F)cc1. The number of anilines is 2. The molecule has 3 amide bonds. The van der Waals surface area contributed by atoms with Crippen molar-refractivity contribution in [3.63, 3.8) is 0 Å². The van der Waals surface area contributed by atoms with Crippen LogP contribution in [-0.4, -0.2) is 115 Å². The Balaban J connectivity index is 0.637. The molecule has 3 saturated carbocycles. The highest BCUT2D eigenvalue weighted by Crippen LogP contribution is 2.70. The van der Waals surface area contributed by atoms with Crippen molar-refractivity contribution in [1.82, 2.24) is 40.8 Å². The second kappa shape index (κ2) is 20.4. The molecule has 7 aliphatic rings. The van der Waals surface area contributed by atoms with Crippen molar-refractivity contribution >= 4 is 29.2 Å². The number of phenols is 1. The van der Waals surface area contributed by atoms with Gasteiger partial charge in [0.1, 0.15) is 29.5 Å². The summed E-state index contributed by atoms with van der Waals surface area (Å²) in [7, 11) is 0. The van der Waals surface area contributed by atoms with Crippen molar-refractivity contribution in [2.45, 2.75) is 115 Å². The minimum atomic E-state index is -1.01. The lowest BCUT2D eigenvalue weighted by Gasteiger charge is -2.66. The zero-order valence-electron chi connectivity index (χ0n) is 43.1. The number of carbonyl (C=O) groups excluding carboxylic acids is 3. The maximum absolute atomic E-state index is 14.3. The van der Waals surface area contributed by atoms with Gasteiger partial charge < -0.3 is 40.8 Å². The fourth-order valence-corrected chi connectivity index (χ4v) is 13.7. The summed E-state index contributed by atoms with van der Waals surface area (Å²) in [5.74, 6) is 2.23. The molecule has 6 heterocycles. The number of carbonyl (C=O) groups is 3. The summed E-state index contributed by atoms with van der Waals surface area (Å²) in [6.07, 6.45) is 11.8. The predicted molar refractivity (Wildman–Crippen MR) is 281 cm³/mol. The highest BCUT2D eigenvalue weighted by atomic mass is 19.1. The molecule has 2 aromatic heterocycles. The van der Waals surface area contributed by atoms with Gasteiger partial charge in [-0.15, -0.1) is 10.2 Å². The monoisotopic (exact) mass is 1020 g/mol. The van der Waals surface area contributed by atoms with E-state index in [0.29, 0.717) is 63.7 Å². The van der Waals surface area contributed by atoms with Crippen LogP contribution < -0.4 is 26.3 Å². The maximum atomic E-state index is 14.3. The minimum Gasteiger partial charge on any atom is -0.507 e. The van der Waals surface area contributed by atoms with Crippen LogP contribution in [0.3, 0.4) is 0 Å². The molecular formula is C58H69FN10O6. The van der Waals surface area contributed by atoms with E-state index in [1.165, 1.54) is 29.4 Å². The van der Waals surface area contributed by atoms with Gasteiger partial charge in [0, 0.05) is 68.0 Å². The van der Waals surface area contributed by atoms with Gasteiger partial charge in [-0.1, -0.05) is 63.2 Å². The number of hydrogen-bond donors (Lipinski definition) is 5. The van der Waals surface area contributed by atoms with Gasteiger partial charge >= 0.3 is 0 Å². The van der Waals surface area contributed by atoms with Crippen molar-refractivity contribution in [3.8, 4) is 33.9 Å². The van der Waals surface area contributed by atoms with E-state index in [1.807, 2.05) is 39.0 Å². The third-order valence-electron chi connectivity index (χ3n) is 17.9. The van der Waals surface area contributed by atoms with Crippen molar-refractivity contribution in [1.29, 1.82) is 0 Å². The van der Waals surface area contributed by atoms with Crippen LogP contribution in [0, 0.1) is 40.3 Å². The van der Waals surface area contributed by atoms with Gasteiger partial charge in [0.15, 0.2) is 11.6 Å². The Morgan fingerprint density at radius 2 is 1.57 bits per heavy atom. The second-order valence-electron chi connectivity index (χ2n) is 23.4. The number of phenolic OH excluding ortho intramolecular Hbond substituents is 1. The van der Waals surface area contributed by atoms with E-state index in [1.54, 1.807) is 54.6 Å². The first-order chi connectivity index (χ1) is 36.1. The lowest BCUT2D eigenvalue weighted by Crippen LogP contribution is -2.62. The number of likely N-dealkylation sites (tertiary alicyclic amines) is 2. The van der Waals surface area contributed by atoms with Gasteiger partial charge in [-0.25, -0.2) is 14.4 Å². The zero-order chi connectivity index (χ0) is 52.2. The number of hydroxylamine groups is 1. The molecule has 75 heavy (non-hydrogen) atoms. The molecule has 4 saturated heterocycles. The molecule has 0 radical (unpaired) electrons.